The number of rotatable bonds is 5. The topological polar surface area (TPSA) is 90.6 Å². The van der Waals surface area contributed by atoms with Crippen molar-refractivity contribution in [2.75, 3.05) is 12.8 Å². The summed E-state index contributed by atoms with van der Waals surface area (Å²) in [6.07, 6.45) is -0.108. The van der Waals surface area contributed by atoms with Gasteiger partial charge in [0.1, 0.15) is 5.60 Å². The lowest BCUT2D eigenvalue weighted by molar-refractivity contribution is -0.141. The van der Waals surface area contributed by atoms with E-state index in [4.69, 9.17) is 15.2 Å². The fourth-order valence-electron chi connectivity index (χ4n) is 2.11. The van der Waals surface area contributed by atoms with Crippen molar-refractivity contribution in [1.82, 2.24) is 5.32 Å². The van der Waals surface area contributed by atoms with E-state index in [-0.39, 0.29) is 6.42 Å². The predicted octanol–water partition coefficient (Wildman–Crippen LogP) is 2.58. The third kappa shape index (κ3) is 7.04. The van der Waals surface area contributed by atoms with E-state index in [1.54, 1.807) is 20.8 Å². The molecule has 6 nitrogen and oxygen atoms in total. The predicted molar refractivity (Wildman–Crippen MR) is 89.1 cm³/mol. The van der Waals surface area contributed by atoms with E-state index in [0.717, 1.165) is 11.1 Å². The zero-order valence-electron chi connectivity index (χ0n) is 14.4. The number of alkyl carbamates (subject to hydrolysis) is 1. The number of carbonyl (C=O) groups is 2. The average molecular weight is 322 g/mol. The summed E-state index contributed by atoms with van der Waals surface area (Å²) in [7, 11) is 1.31. The SMILES string of the molecule is COC(=O)CC(Cc1cc(C)ccc1N)NC(=O)OC(C)(C)C. The molecule has 1 atom stereocenters. The number of hydrogen-bond donors (Lipinski definition) is 2. The van der Waals surface area contributed by atoms with Crippen LogP contribution in [0.25, 0.3) is 0 Å². The number of ether oxygens (including phenoxy) is 2. The molecule has 1 unspecified atom stereocenters. The van der Waals surface area contributed by atoms with Crippen molar-refractivity contribution in [3.05, 3.63) is 29.3 Å². The zero-order chi connectivity index (χ0) is 17.6. The smallest absolute Gasteiger partial charge is 0.407 e. The third-order valence-corrected chi connectivity index (χ3v) is 3.13. The molecule has 0 heterocycles. The van der Waals surface area contributed by atoms with Gasteiger partial charge in [0.25, 0.3) is 0 Å². The lowest BCUT2D eigenvalue weighted by Gasteiger charge is -2.23. The number of nitrogens with two attached hydrogens (primary N) is 1. The van der Waals surface area contributed by atoms with Gasteiger partial charge in [0.05, 0.1) is 13.5 Å². The van der Waals surface area contributed by atoms with Crippen LogP contribution in [0.1, 0.15) is 38.3 Å². The van der Waals surface area contributed by atoms with Crippen LogP contribution in [0.2, 0.25) is 0 Å². The van der Waals surface area contributed by atoms with Gasteiger partial charge >= 0.3 is 12.1 Å². The number of anilines is 1. The minimum Gasteiger partial charge on any atom is -0.469 e. The van der Waals surface area contributed by atoms with Gasteiger partial charge in [-0.1, -0.05) is 17.7 Å². The van der Waals surface area contributed by atoms with Crippen molar-refractivity contribution < 1.29 is 19.1 Å². The van der Waals surface area contributed by atoms with Crippen LogP contribution in [0, 0.1) is 6.92 Å². The highest BCUT2D eigenvalue weighted by Gasteiger charge is 2.22. The van der Waals surface area contributed by atoms with Crippen LogP contribution in [0.5, 0.6) is 0 Å². The number of esters is 1. The summed E-state index contributed by atoms with van der Waals surface area (Å²) in [6, 6.07) is 5.21. The highest BCUT2D eigenvalue weighted by molar-refractivity contribution is 5.73. The van der Waals surface area contributed by atoms with Crippen molar-refractivity contribution in [2.24, 2.45) is 0 Å². The molecule has 1 aromatic rings. The van der Waals surface area contributed by atoms with E-state index in [1.807, 2.05) is 25.1 Å². The Morgan fingerprint density at radius 3 is 2.52 bits per heavy atom. The van der Waals surface area contributed by atoms with Gasteiger partial charge in [-0.25, -0.2) is 4.79 Å². The van der Waals surface area contributed by atoms with Crippen molar-refractivity contribution >= 4 is 17.7 Å². The van der Waals surface area contributed by atoms with Crippen LogP contribution in [-0.2, 0) is 20.7 Å². The molecule has 1 aromatic carbocycles. The molecule has 6 heteroatoms. The van der Waals surface area contributed by atoms with E-state index < -0.39 is 23.7 Å². The summed E-state index contributed by atoms with van der Waals surface area (Å²) in [5, 5.41) is 2.72. The Balaban J connectivity index is 2.85. The van der Waals surface area contributed by atoms with Gasteiger partial charge in [-0.2, -0.15) is 0 Å². The first-order chi connectivity index (χ1) is 10.6. The van der Waals surface area contributed by atoms with Gasteiger partial charge in [-0.15, -0.1) is 0 Å². The molecule has 0 fully saturated rings. The minimum atomic E-state index is -0.609. The first kappa shape index (κ1) is 18.8. The monoisotopic (exact) mass is 322 g/mol. The molecule has 0 saturated carbocycles. The van der Waals surface area contributed by atoms with E-state index in [0.29, 0.717) is 12.1 Å². The number of nitrogen functional groups attached to an aromatic ring is 1. The third-order valence-electron chi connectivity index (χ3n) is 3.13. The Morgan fingerprint density at radius 1 is 1.30 bits per heavy atom. The Labute approximate surface area is 137 Å². The van der Waals surface area contributed by atoms with Gasteiger partial charge in [0.15, 0.2) is 0 Å². The average Bonchev–Trinajstić information content (AvgIpc) is 2.40. The van der Waals surface area contributed by atoms with E-state index in [9.17, 15) is 9.59 Å². The van der Waals surface area contributed by atoms with Crippen molar-refractivity contribution in [3.63, 3.8) is 0 Å². The van der Waals surface area contributed by atoms with Crippen LogP contribution in [0.15, 0.2) is 18.2 Å². The number of amides is 1. The second-order valence-corrected chi connectivity index (χ2v) is 6.53. The lowest BCUT2D eigenvalue weighted by Crippen LogP contribution is -2.41. The largest absolute Gasteiger partial charge is 0.469 e. The molecule has 3 N–H and O–H groups in total. The summed E-state index contributed by atoms with van der Waals surface area (Å²) in [5.41, 5.74) is 7.92. The maximum atomic E-state index is 12.0. The van der Waals surface area contributed by atoms with E-state index >= 15 is 0 Å². The highest BCUT2D eigenvalue weighted by atomic mass is 16.6. The van der Waals surface area contributed by atoms with Crippen LogP contribution in [0.3, 0.4) is 0 Å². The van der Waals surface area contributed by atoms with Crippen LogP contribution in [-0.4, -0.2) is 30.8 Å². The van der Waals surface area contributed by atoms with Crippen LogP contribution < -0.4 is 11.1 Å². The zero-order valence-corrected chi connectivity index (χ0v) is 14.4. The summed E-state index contributed by atoms with van der Waals surface area (Å²) >= 11 is 0. The molecular weight excluding hydrogens is 296 g/mol. The number of nitrogens with one attached hydrogen (secondary N) is 1. The standard InChI is InChI=1S/C17H26N2O4/c1-11-6-7-14(18)12(8-11)9-13(10-15(20)22-5)19-16(21)23-17(2,3)4/h6-8,13H,9-10,18H2,1-5H3,(H,19,21). The van der Waals surface area contributed by atoms with E-state index in [2.05, 4.69) is 5.32 Å². The molecule has 0 aliphatic rings. The Bertz CT molecular complexity index is 564. The molecular formula is C17H26N2O4. The number of benzene rings is 1. The van der Waals surface area contributed by atoms with Crippen LogP contribution in [0.4, 0.5) is 10.5 Å². The number of carbonyl (C=O) groups excluding carboxylic acids is 2. The first-order valence-corrected chi connectivity index (χ1v) is 7.52. The van der Waals surface area contributed by atoms with Gasteiger partial charge < -0.3 is 20.5 Å². The first-order valence-electron chi connectivity index (χ1n) is 7.52. The quantitative estimate of drug-likeness (QED) is 0.642. The molecule has 1 rings (SSSR count). The second-order valence-electron chi connectivity index (χ2n) is 6.53. The fourth-order valence-corrected chi connectivity index (χ4v) is 2.11. The molecule has 1 amide bonds. The molecule has 128 valence electrons. The van der Waals surface area contributed by atoms with Crippen LogP contribution >= 0.6 is 0 Å². The number of aryl methyl sites for hydroxylation is 1. The molecule has 0 bridgehead atoms. The number of methoxy groups -OCH3 is 1. The summed E-state index contributed by atoms with van der Waals surface area (Å²) < 4.78 is 9.93. The van der Waals surface area contributed by atoms with Crippen molar-refractivity contribution in [1.29, 1.82) is 0 Å². The Kier molecular flexibility index (Phi) is 6.42. The van der Waals surface area contributed by atoms with Crippen molar-refractivity contribution in [2.45, 2.75) is 52.2 Å². The molecule has 0 saturated heterocycles. The summed E-state index contributed by atoms with van der Waals surface area (Å²) in [5.74, 6) is -0.405. The van der Waals surface area contributed by atoms with E-state index in [1.165, 1.54) is 7.11 Å². The molecule has 23 heavy (non-hydrogen) atoms. The molecule has 0 aliphatic carbocycles. The fraction of sp³-hybridized carbons (Fsp3) is 0.529. The molecule has 0 radical (unpaired) electrons. The molecule has 0 aromatic heterocycles. The maximum Gasteiger partial charge on any atom is 0.407 e. The highest BCUT2D eigenvalue weighted by Crippen LogP contribution is 2.17. The van der Waals surface area contributed by atoms with Gasteiger partial charge in [0.2, 0.25) is 0 Å². The Morgan fingerprint density at radius 2 is 1.96 bits per heavy atom. The van der Waals surface area contributed by atoms with Gasteiger partial charge in [0, 0.05) is 11.7 Å². The maximum absolute atomic E-state index is 12.0. The number of hydrogen-bond acceptors (Lipinski definition) is 5. The summed E-state index contributed by atoms with van der Waals surface area (Å²) in [4.78, 5) is 23.5. The normalized spacial score (nSPS) is 12.4. The molecule has 0 spiro atoms. The van der Waals surface area contributed by atoms with Crippen molar-refractivity contribution in [3.8, 4) is 0 Å². The second kappa shape index (κ2) is 7.85. The lowest BCUT2D eigenvalue weighted by atomic mass is 10.00. The molecule has 0 aliphatic heterocycles. The minimum absolute atomic E-state index is 0.0448. The summed E-state index contributed by atoms with van der Waals surface area (Å²) in [6.45, 7) is 7.29. The Hall–Kier alpha value is -2.24. The van der Waals surface area contributed by atoms with Gasteiger partial charge in [-0.05, 0) is 45.7 Å². The van der Waals surface area contributed by atoms with Gasteiger partial charge in [-0.3, -0.25) is 4.79 Å².